The maximum absolute atomic E-state index is 14.1. The van der Waals surface area contributed by atoms with E-state index in [1.807, 2.05) is 58.9 Å². The number of carbonyl (C=O) groups excluding carboxylic acids is 4. The first kappa shape index (κ1) is 46.1. The van der Waals surface area contributed by atoms with Crippen molar-refractivity contribution >= 4 is 29.2 Å². The Hall–Kier alpha value is -3.10. The van der Waals surface area contributed by atoms with E-state index in [0.717, 1.165) is 39.9 Å². The Balaban J connectivity index is 2.20. The quantitative estimate of drug-likeness (QED) is 0.0611. The SMILES string of the molecule is CCCc1cc(C)nc(C(C)(C)CCC(=O)C(C)(C)N[C@H](C(=O)NC(CCCNC(N)=O)C(=O)C(C)(C)Nc2ccc(CO[I-]CC)cc2)C(C)C)c1. The fourth-order valence-electron chi connectivity index (χ4n) is 6.16. The molecule has 6 N–H and O–H groups in total. The van der Waals surface area contributed by atoms with Gasteiger partial charge in [0.1, 0.15) is 0 Å². The molecule has 1 unspecified atom stereocenters. The van der Waals surface area contributed by atoms with E-state index in [-0.39, 0.29) is 63.4 Å². The number of ketones is 2. The number of anilines is 1. The first-order valence-corrected chi connectivity index (χ1v) is 21.4. The van der Waals surface area contributed by atoms with Crippen LogP contribution in [0.4, 0.5) is 10.5 Å². The van der Waals surface area contributed by atoms with Crippen LogP contribution in [-0.2, 0) is 35.9 Å². The fraction of sp³-hybridized carbons (Fsp3) is 0.634. The molecule has 0 saturated carbocycles. The van der Waals surface area contributed by atoms with Crippen LogP contribution in [0.25, 0.3) is 0 Å². The van der Waals surface area contributed by atoms with Crippen LogP contribution in [0.15, 0.2) is 36.4 Å². The number of pyridine rings is 1. The molecule has 0 aliphatic rings. The summed E-state index contributed by atoms with van der Waals surface area (Å²) in [6.07, 6.45) is 3.64. The standard InChI is InChI=1S/C41H66IN6O5/c1-12-15-30-24-28(5)45-33(25-30)39(6,7)22-21-34(49)40(8,9)48-35(27(3)4)37(51)46-32(16-14-23-44-38(43)52)36(50)41(10,11)47-31-19-17-29(18-20-31)26-53-42-13-2/h17-20,24-25,27,32,35,47-48H,12-16,21-23,26H2,1-11H3,(H,46,51)(H3,43,44,52)/q-1/t32?,35-/m0/s1. The van der Waals surface area contributed by atoms with Crippen molar-refractivity contribution in [3.05, 3.63) is 58.9 Å². The van der Waals surface area contributed by atoms with Crippen molar-refractivity contribution in [2.45, 2.75) is 150 Å². The predicted molar refractivity (Wildman–Crippen MR) is 209 cm³/mol. The van der Waals surface area contributed by atoms with E-state index in [9.17, 15) is 19.2 Å². The van der Waals surface area contributed by atoms with Crippen LogP contribution in [0.2, 0.25) is 0 Å². The Morgan fingerprint density at radius 1 is 0.943 bits per heavy atom. The summed E-state index contributed by atoms with van der Waals surface area (Å²) >= 11 is -0.251. The number of carbonyl (C=O) groups is 4. The number of amides is 3. The van der Waals surface area contributed by atoms with Gasteiger partial charge in [-0.2, -0.15) is 0 Å². The van der Waals surface area contributed by atoms with Gasteiger partial charge in [0.2, 0.25) is 0 Å². The van der Waals surface area contributed by atoms with Crippen LogP contribution in [0.1, 0.15) is 124 Å². The van der Waals surface area contributed by atoms with E-state index in [0.29, 0.717) is 25.9 Å². The van der Waals surface area contributed by atoms with Crippen molar-refractivity contribution in [1.82, 2.24) is 20.9 Å². The molecule has 0 radical (unpaired) electrons. The van der Waals surface area contributed by atoms with Gasteiger partial charge in [0.25, 0.3) is 0 Å². The van der Waals surface area contributed by atoms with Crippen LogP contribution in [-0.4, -0.2) is 62.6 Å². The molecule has 0 saturated heterocycles. The van der Waals surface area contributed by atoms with E-state index in [1.54, 1.807) is 13.8 Å². The summed E-state index contributed by atoms with van der Waals surface area (Å²) in [5.41, 5.74) is 7.91. The van der Waals surface area contributed by atoms with Gasteiger partial charge in [-0.25, -0.2) is 4.79 Å². The van der Waals surface area contributed by atoms with Gasteiger partial charge >= 0.3 is 150 Å². The normalized spacial score (nSPS) is 13.4. The number of benzene rings is 1. The molecule has 53 heavy (non-hydrogen) atoms. The van der Waals surface area contributed by atoms with Gasteiger partial charge in [-0.1, -0.05) is 41.0 Å². The Morgan fingerprint density at radius 3 is 2.19 bits per heavy atom. The van der Waals surface area contributed by atoms with Crippen LogP contribution < -0.4 is 48.6 Å². The summed E-state index contributed by atoms with van der Waals surface area (Å²) in [6.45, 7) is 22.4. The zero-order chi connectivity index (χ0) is 40.0. The third kappa shape index (κ3) is 15.3. The zero-order valence-corrected chi connectivity index (χ0v) is 36.2. The van der Waals surface area contributed by atoms with Crippen molar-refractivity contribution in [3.63, 3.8) is 0 Å². The number of hydrogen-bond acceptors (Lipinski definition) is 8. The number of aromatic nitrogens is 1. The summed E-state index contributed by atoms with van der Waals surface area (Å²) in [7, 11) is 0. The molecule has 0 aliphatic heterocycles. The molecule has 2 rings (SSSR count). The first-order valence-electron chi connectivity index (χ1n) is 19.0. The average molecular weight is 850 g/mol. The van der Waals surface area contributed by atoms with Crippen molar-refractivity contribution in [2.75, 3.05) is 16.3 Å². The number of nitrogens with one attached hydrogen (secondary N) is 4. The van der Waals surface area contributed by atoms with Crippen molar-refractivity contribution in [3.8, 4) is 0 Å². The predicted octanol–water partition coefficient (Wildman–Crippen LogP) is 3.30. The minimum atomic E-state index is -1.05. The molecular formula is C41H66IN6O5-. The van der Waals surface area contributed by atoms with E-state index in [2.05, 4.69) is 61.1 Å². The summed E-state index contributed by atoms with van der Waals surface area (Å²) < 4.78 is 6.80. The molecular weight excluding hydrogens is 783 g/mol. The van der Waals surface area contributed by atoms with Crippen molar-refractivity contribution in [1.29, 1.82) is 0 Å². The number of aryl methyl sites for hydroxylation is 2. The van der Waals surface area contributed by atoms with Crippen LogP contribution in [0.3, 0.4) is 0 Å². The van der Waals surface area contributed by atoms with E-state index < -0.39 is 29.2 Å². The maximum atomic E-state index is 14.1. The average Bonchev–Trinajstić information content (AvgIpc) is 3.07. The summed E-state index contributed by atoms with van der Waals surface area (Å²) in [5, 5.41) is 12.3. The molecule has 0 fully saturated rings. The first-order chi connectivity index (χ1) is 24.7. The molecule has 0 spiro atoms. The van der Waals surface area contributed by atoms with Crippen molar-refractivity contribution in [2.24, 2.45) is 11.7 Å². The third-order valence-electron chi connectivity index (χ3n) is 9.42. The molecule has 298 valence electrons. The monoisotopic (exact) mass is 849 g/mol. The Kier molecular flexibility index (Phi) is 18.3. The summed E-state index contributed by atoms with van der Waals surface area (Å²) in [5.74, 6) is -0.778. The van der Waals surface area contributed by atoms with Gasteiger partial charge in [0.15, 0.2) is 5.78 Å². The smallest absolute Gasteiger partial charge is 0.0226 e. The van der Waals surface area contributed by atoms with Crippen LogP contribution >= 0.6 is 0 Å². The topological polar surface area (TPSA) is 165 Å². The van der Waals surface area contributed by atoms with E-state index >= 15 is 0 Å². The number of halogens is 1. The Morgan fingerprint density at radius 2 is 1.60 bits per heavy atom. The number of hydrogen-bond donors (Lipinski definition) is 5. The number of urea groups is 1. The van der Waals surface area contributed by atoms with Gasteiger partial charge in [-0.15, -0.1) is 0 Å². The second kappa shape index (κ2) is 21.1. The fourth-order valence-corrected chi connectivity index (χ4v) is 7.18. The van der Waals surface area contributed by atoms with Crippen LogP contribution in [0, 0.1) is 12.8 Å². The van der Waals surface area contributed by atoms with Crippen molar-refractivity contribution < 1.29 is 43.9 Å². The van der Waals surface area contributed by atoms with Gasteiger partial charge in [0.05, 0.1) is 11.6 Å². The molecule has 1 aromatic carbocycles. The van der Waals surface area contributed by atoms with E-state index in [1.165, 1.54) is 5.56 Å². The number of primary amides is 1. The van der Waals surface area contributed by atoms with Gasteiger partial charge in [0, 0.05) is 29.8 Å². The molecule has 1 heterocycles. The molecule has 3 amide bonds. The molecule has 0 bridgehead atoms. The summed E-state index contributed by atoms with van der Waals surface area (Å²) in [6, 6.07) is 9.79. The van der Waals surface area contributed by atoms with Crippen LogP contribution in [0.5, 0.6) is 0 Å². The number of nitrogens with two attached hydrogens (primary N) is 1. The van der Waals surface area contributed by atoms with Gasteiger partial charge in [-0.3, -0.25) is 19.9 Å². The number of nitrogens with zero attached hydrogens (tertiary/aromatic N) is 1. The van der Waals surface area contributed by atoms with E-state index in [4.69, 9.17) is 13.8 Å². The molecule has 2 aromatic rings. The maximum Gasteiger partial charge on any atom is -0.0226 e. The number of alkyl halides is 1. The number of rotatable bonds is 24. The second-order valence-corrected chi connectivity index (χ2v) is 18.8. The zero-order valence-electron chi connectivity index (χ0n) is 34.0. The van der Waals surface area contributed by atoms with Gasteiger partial charge < -0.3 is 11.1 Å². The van der Waals surface area contributed by atoms with Gasteiger partial charge in [-0.05, 0) is 57.2 Å². The Labute approximate surface area is 329 Å². The summed E-state index contributed by atoms with van der Waals surface area (Å²) in [4.78, 5) is 58.1. The largest absolute Gasteiger partial charge is 0.0608 e. The molecule has 1 aromatic heterocycles. The molecule has 0 aliphatic carbocycles. The molecule has 2 atom stereocenters. The second-order valence-electron chi connectivity index (χ2n) is 16.0. The third-order valence-corrected chi connectivity index (χ3v) is 10.8. The number of Topliss-reactive ketones (excluding diaryl/α,β-unsaturated/α-hetero) is 2. The molecule has 11 nitrogen and oxygen atoms in total. The minimum Gasteiger partial charge on any atom is -0.0608 e. The molecule has 12 heteroatoms. The Bertz CT molecular complexity index is 1510. The minimum absolute atomic E-state index is 0.00876.